The minimum absolute atomic E-state index is 0.00679. The van der Waals surface area contributed by atoms with E-state index >= 15 is 4.39 Å². The third-order valence-corrected chi connectivity index (χ3v) is 5.64. The molecule has 0 bridgehead atoms. The van der Waals surface area contributed by atoms with Gasteiger partial charge in [-0.1, -0.05) is 42.8 Å². The maximum atomic E-state index is 15.3. The second kappa shape index (κ2) is 10.2. The summed E-state index contributed by atoms with van der Waals surface area (Å²) in [5.41, 5.74) is 6.22. The highest BCUT2D eigenvalue weighted by molar-refractivity contribution is 6.32. The van der Waals surface area contributed by atoms with Gasteiger partial charge in [-0.2, -0.15) is 0 Å². The van der Waals surface area contributed by atoms with Crippen molar-refractivity contribution in [2.75, 3.05) is 0 Å². The summed E-state index contributed by atoms with van der Waals surface area (Å²) in [6, 6.07) is 12.2. The monoisotopic (exact) mass is 433 g/mol. The van der Waals surface area contributed by atoms with Crippen LogP contribution in [0.15, 0.2) is 42.5 Å². The van der Waals surface area contributed by atoms with Crippen molar-refractivity contribution in [1.29, 1.82) is 0 Å². The van der Waals surface area contributed by atoms with Gasteiger partial charge in [0, 0.05) is 36.2 Å². The van der Waals surface area contributed by atoms with Crippen molar-refractivity contribution in [3.8, 4) is 11.5 Å². The molecular weight excluding hydrogens is 405 g/mol. The van der Waals surface area contributed by atoms with Gasteiger partial charge in [-0.15, -0.1) is 0 Å². The van der Waals surface area contributed by atoms with Crippen LogP contribution in [0.25, 0.3) is 0 Å². The van der Waals surface area contributed by atoms with Crippen molar-refractivity contribution in [3.05, 3.63) is 58.9 Å². The highest BCUT2D eigenvalue weighted by Crippen LogP contribution is 2.36. The summed E-state index contributed by atoms with van der Waals surface area (Å²) in [6.07, 6.45) is 2.61. The van der Waals surface area contributed by atoms with Gasteiger partial charge in [0.15, 0.2) is 11.6 Å². The average Bonchev–Trinajstić information content (AvgIpc) is 2.69. The molecule has 1 aliphatic carbocycles. The number of nitrogens with two attached hydrogens (primary N) is 1. The fraction of sp³-hybridized carbons (Fsp3) is 0.435. The third kappa shape index (κ3) is 5.72. The third-order valence-electron chi connectivity index (χ3n) is 5.34. The second-order valence-electron chi connectivity index (χ2n) is 7.92. The number of carbonyl (C=O) groups excluding carboxylic acids is 1. The Balaban J connectivity index is 1.66. The van der Waals surface area contributed by atoms with E-state index in [0.29, 0.717) is 24.2 Å². The number of rotatable bonds is 9. The number of halogens is 2. The zero-order valence-corrected chi connectivity index (χ0v) is 18.1. The SMILES string of the molecule is CC[C@@H](N[C@@H](C)CC(=O)N[C@H]1C[C@@H](N)C1)c1ccc(Cl)c(Oc2ccccc2)c1F. The van der Waals surface area contributed by atoms with Gasteiger partial charge in [0.2, 0.25) is 5.91 Å². The Morgan fingerprint density at radius 3 is 2.60 bits per heavy atom. The predicted molar refractivity (Wildman–Crippen MR) is 117 cm³/mol. The first-order valence-corrected chi connectivity index (χ1v) is 10.8. The number of amides is 1. The molecular formula is C23H29ClFN3O2. The number of hydrogen-bond donors (Lipinski definition) is 3. The number of carbonyl (C=O) groups is 1. The van der Waals surface area contributed by atoms with E-state index in [4.69, 9.17) is 22.1 Å². The molecule has 0 spiro atoms. The Kier molecular flexibility index (Phi) is 7.69. The number of hydrogen-bond acceptors (Lipinski definition) is 4. The normalized spacial score (nSPS) is 20.2. The summed E-state index contributed by atoms with van der Waals surface area (Å²) >= 11 is 6.20. The minimum atomic E-state index is -0.495. The van der Waals surface area contributed by atoms with Gasteiger partial charge in [-0.3, -0.25) is 4.79 Å². The van der Waals surface area contributed by atoms with Crippen molar-refractivity contribution in [1.82, 2.24) is 10.6 Å². The molecule has 0 unspecified atom stereocenters. The van der Waals surface area contributed by atoms with Crippen molar-refractivity contribution in [3.63, 3.8) is 0 Å². The lowest BCUT2D eigenvalue weighted by Gasteiger charge is -2.33. The van der Waals surface area contributed by atoms with E-state index in [0.717, 1.165) is 12.8 Å². The molecule has 7 heteroatoms. The molecule has 1 amide bonds. The van der Waals surface area contributed by atoms with E-state index in [1.54, 1.807) is 24.3 Å². The van der Waals surface area contributed by atoms with Gasteiger partial charge in [0.25, 0.3) is 0 Å². The number of nitrogens with one attached hydrogen (secondary N) is 2. The first kappa shape index (κ1) is 22.5. The van der Waals surface area contributed by atoms with Crippen LogP contribution in [0.1, 0.15) is 51.1 Å². The Hall–Kier alpha value is -2.15. The molecule has 30 heavy (non-hydrogen) atoms. The zero-order chi connectivity index (χ0) is 21.7. The van der Waals surface area contributed by atoms with Gasteiger partial charge in [-0.05, 0) is 44.4 Å². The molecule has 1 fully saturated rings. The first-order valence-electron chi connectivity index (χ1n) is 10.4. The molecule has 3 rings (SSSR count). The second-order valence-corrected chi connectivity index (χ2v) is 8.33. The quantitative estimate of drug-likeness (QED) is 0.536. The number of ether oxygens (including phenoxy) is 1. The highest BCUT2D eigenvalue weighted by Gasteiger charge is 2.28. The predicted octanol–water partition coefficient (Wildman–Crippen LogP) is 4.70. The Bertz CT molecular complexity index is 859. The zero-order valence-electron chi connectivity index (χ0n) is 17.3. The fourth-order valence-corrected chi connectivity index (χ4v) is 3.88. The van der Waals surface area contributed by atoms with Crippen molar-refractivity contribution >= 4 is 17.5 Å². The molecule has 5 nitrogen and oxygen atoms in total. The summed E-state index contributed by atoms with van der Waals surface area (Å²) < 4.78 is 21.0. The topological polar surface area (TPSA) is 76.4 Å². The number of benzene rings is 2. The summed E-state index contributed by atoms with van der Waals surface area (Å²) in [4.78, 5) is 12.2. The van der Waals surface area contributed by atoms with Crippen LogP contribution in [0.5, 0.6) is 11.5 Å². The largest absolute Gasteiger partial charge is 0.453 e. The fourth-order valence-electron chi connectivity index (χ4n) is 3.69. The van der Waals surface area contributed by atoms with E-state index in [1.165, 1.54) is 0 Å². The van der Waals surface area contributed by atoms with E-state index in [1.807, 2.05) is 32.0 Å². The molecule has 0 saturated heterocycles. The maximum Gasteiger partial charge on any atom is 0.221 e. The van der Waals surface area contributed by atoms with Gasteiger partial charge in [-0.25, -0.2) is 4.39 Å². The van der Waals surface area contributed by atoms with E-state index < -0.39 is 5.82 Å². The van der Waals surface area contributed by atoms with E-state index in [2.05, 4.69) is 10.6 Å². The molecule has 1 saturated carbocycles. The molecule has 1 aliphatic rings. The lowest BCUT2D eigenvalue weighted by atomic mass is 9.87. The lowest BCUT2D eigenvalue weighted by molar-refractivity contribution is -0.122. The standard InChI is InChI=1S/C23H29ClFN3O2/c1-3-20(27-14(2)11-21(29)28-16-12-15(26)13-16)18-9-10-19(24)23(22(18)25)30-17-7-5-4-6-8-17/h4-10,14-16,20,27H,3,11-13,26H2,1-2H3,(H,28,29)/t14-,15-,16+,20+/m0/s1. The molecule has 2 atom stereocenters. The maximum absolute atomic E-state index is 15.3. The molecule has 0 aromatic heterocycles. The van der Waals surface area contributed by atoms with E-state index in [-0.39, 0.29) is 40.8 Å². The van der Waals surface area contributed by atoms with Crippen molar-refractivity contribution < 1.29 is 13.9 Å². The molecule has 0 radical (unpaired) electrons. The highest BCUT2D eigenvalue weighted by atomic mass is 35.5. The lowest BCUT2D eigenvalue weighted by Crippen LogP contribution is -2.51. The van der Waals surface area contributed by atoms with Crippen LogP contribution in [-0.4, -0.2) is 24.0 Å². The molecule has 162 valence electrons. The number of para-hydroxylation sites is 1. The van der Waals surface area contributed by atoms with Gasteiger partial charge in [0.1, 0.15) is 5.75 Å². The van der Waals surface area contributed by atoms with Crippen molar-refractivity contribution in [2.24, 2.45) is 5.73 Å². The van der Waals surface area contributed by atoms with Crippen LogP contribution >= 0.6 is 11.6 Å². The molecule has 0 heterocycles. The summed E-state index contributed by atoms with van der Waals surface area (Å²) in [5.74, 6) is 0.00165. The molecule has 2 aromatic rings. The Labute approximate surface area is 182 Å². The van der Waals surface area contributed by atoms with Crippen LogP contribution in [-0.2, 0) is 4.79 Å². The van der Waals surface area contributed by atoms with Crippen LogP contribution in [0.4, 0.5) is 4.39 Å². The average molecular weight is 434 g/mol. The minimum Gasteiger partial charge on any atom is -0.453 e. The first-order chi connectivity index (χ1) is 14.4. The van der Waals surface area contributed by atoms with Crippen LogP contribution in [0.2, 0.25) is 5.02 Å². The summed E-state index contributed by atoms with van der Waals surface area (Å²) in [6.45, 7) is 3.88. The molecule has 2 aromatic carbocycles. The van der Waals surface area contributed by atoms with Crippen LogP contribution in [0, 0.1) is 5.82 Å². The smallest absolute Gasteiger partial charge is 0.221 e. The molecule has 0 aliphatic heterocycles. The van der Waals surface area contributed by atoms with Crippen LogP contribution < -0.4 is 21.1 Å². The summed E-state index contributed by atoms with van der Waals surface area (Å²) in [7, 11) is 0. The molecule has 4 N–H and O–H groups in total. The van der Waals surface area contributed by atoms with Gasteiger partial charge in [0.05, 0.1) is 5.02 Å². The van der Waals surface area contributed by atoms with Crippen LogP contribution in [0.3, 0.4) is 0 Å². The summed E-state index contributed by atoms with van der Waals surface area (Å²) in [5, 5.41) is 6.56. The Morgan fingerprint density at radius 1 is 1.27 bits per heavy atom. The van der Waals surface area contributed by atoms with E-state index in [9.17, 15) is 4.79 Å². The van der Waals surface area contributed by atoms with Gasteiger partial charge < -0.3 is 21.1 Å². The van der Waals surface area contributed by atoms with Crippen molar-refractivity contribution in [2.45, 2.75) is 63.7 Å². The van der Waals surface area contributed by atoms with Gasteiger partial charge >= 0.3 is 0 Å². The Morgan fingerprint density at radius 2 is 1.97 bits per heavy atom.